The number of aromatic nitrogens is 2. The first-order valence-electron chi connectivity index (χ1n) is 13.8. The Hall–Kier alpha value is -2.51. The van der Waals surface area contributed by atoms with Crippen molar-refractivity contribution in [3.63, 3.8) is 0 Å². The van der Waals surface area contributed by atoms with Crippen molar-refractivity contribution in [2.75, 3.05) is 31.1 Å². The van der Waals surface area contributed by atoms with Gasteiger partial charge in [-0.1, -0.05) is 12.1 Å². The lowest BCUT2D eigenvalue weighted by molar-refractivity contribution is 0.0921. The highest BCUT2D eigenvalue weighted by Crippen LogP contribution is 2.47. The number of hydrogen-bond acceptors (Lipinski definition) is 6. The van der Waals surface area contributed by atoms with Gasteiger partial charge in [0.1, 0.15) is 0 Å². The first kappa shape index (κ1) is 22.7. The van der Waals surface area contributed by atoms with Crippen molar-refractivity contribution in [3.8, 4) is 0 Å². The van der Waals surface area contributed by atoms with E-state index in [1.165, 1.54) is 67.6 Å². The van der Waals surface area contributed by atoms with Crippen LogP contribution in [0.25, 0.3) is 10.9 Å². The second-order valence-corrected chi connectivity index (χ2v) is 12.5. The summed E-state index contributed by atoms with van der Waals surface area (Å²) in [4.78, 5) is 29.1. The van der Waals surface area contributed by atoms with Crippen LogP contribution in [-0.2, 0) is 13.0 Å². The Balaban J connectivity index is 0.879. The van der Waals surface area contributed by atoms with Crippen LogP contribution in [0.2, 0.25) is 0 Å². The number of pyridine rings is 1. The minimum atomic E-state index is 0.0368. The predicted octanol–water partition coefficient (Wildman–Crippen LogP) is 4.88. The van der Waals surface area contributed by atoms with Crippen LogP contribution in [0.15, 0.2) is 36.5 Å². The molecule has 1 amide bonds. The molecule has 3 fully saturated rings. The van der Waals surface area contributed by atoms with Gasteiger partial charge in [-0.2, -0.15) is 0 Å². The summed E-state index contributed by atoms with van der Waals surface area (Å²) < 4.78 is 0. The SMILES string of the molecule is O=C(NC1CCC(CCN2CCc3sc(N4CC5CC5C4)nc3C2)CC1)c1cccc2ncccc12. The Morgan fingerprint density at radius 3 is 2.81 bits per heavy atom. The molecule has 6 nitrogen and oxygen atoms in total. The maximum Gasteiger partial charge on any atom is 0.252 e. The zero-order valence-corrected chi connectivity index (χ0v) is 21.7. The van der Waals surface area contributed by atoms with Crippen molar-refractivity contribution >= 4 is 33.3 Å². The summed E-state index contributed by atoms with van der Waals surface area (Å²) in [5.74, 6) is 2.72. The van der Waals surface area contributed by atoms with Gasteiger partial charge in [0.05, 0.1) is 11.2 Å². The Kier molecular flexibility index (Phi) is 5.93. The number of hydrogen-bond donors (Lipinski definition) is 1. The molecule has 1 saturated heterocycles. The molecule has 36 heavy (non-hydrogen) atoms. The van der Waals surface area contributed by atoms with Crippen LogP contribution in [0.3, 0.4) is 0 Å². The van der Waals surface area contributed by atoms with E-state index < -0.39 is 0 Å². The molecule has 0 spiro atoms. The van der Waals surface area contributed by atoms with Gasteiger partial charge in [-0.25, -0.2) is 4.98 Å². The molecular weight excluding hydrogens is 466 g/mol. The third-order valence-electron chi connectivity index (χ3n) is 8.97. The van der Waals surface area contributed by atoms with E-state index in [2.05, 4.69) is 20.1 Å². The number of fused-ring (bicyclic) bond motifs is 3. The summed E-state index contributed by atoms with van der Waals surface area (Å²) in [6.07, 6.45) is 10.2. The van der Waals surface area contributed by atoms with Crippen molar-refractivity contribution in [3.05, 3.63) is 52.7 Å². The number of anilines is 1. The number of amides is 1. The van der Waals surface area contributed by atoms with Crippen LogP contribution < -0.4 is 10.2 Å². The molecular formula is C29H35N5OS. The highest BCUT2D eigenvalue weighted by molar-refractivity contribution is 7.15. The zero-order chi connectivity index (χ0) is 24.1. The monoisotopic (exact) mass is 501 g/mol. The number of carbonyl (C=O) groups excluding carboxylic acids is 1. The van der Waals surface area contributed by atoms with Crippen molar-refractivity contribution in [1.82, 2.24) is 20.2 Å². The predicted molar refractivity (Wildman–Crippen MR) is 144 cm³/mol. The van der Waals surface area contributed by atoms with Gasteiger partial charge in [-0.15, -0.1) is 11.3 Å². The second kappa shape index (κ2) is 9.42. The zero-order valence-electron chi connectivity index (χ0n) is 20.9. The number of nitrogens with one attached hydrogen (secondary N) is 1. The van der Waals surface area contributed by atoms with Crippen molar-refractivity contribution < 1.29 is 4.79 Å². The highest BCUT2D eigenvalue weighted by atomic mass is 32.1. The van der Waals surface area contributed by atoms with Gasteiger partial charge >= 0.3 is 0 Å². The Bertz CT molecular complexity index is 1250. The molecule has 2 aromatic heterocycles. The molecule has 2 unspecified atom stereocenters. The number of nitrogens with zero attached hydrogens (tertiary/aromatic N) is 4. The van der Waals surface area contributed by atoms with Crippen molar-refractivity contribution in [2.45, 2.75) is 57.5 Å². The van der Waals surface area contributed by atoms with E-state index in [9.17, 15) is 4.79 Å². The third-order valence-corrected chi connectivity index (χ3v) is 10.2. The Labute approximate surface area is 217 Å². The fourth-order valence-electron chi connectivity index (χ4n) is 6.64. The van der Waals surface area contributed by atoms with E-state index in [1.807, 2.05) is 41.7 Å². The molecule has 2 aliphatic heterocycles. The summed E-state index contributed by atoms with van der Waals surface area (Å²) in [5.41, 5.74) is 2.95. The molecule has 2 aliphatic carbocycles. The van der Waals surface area contributed by atoms with Gasteiger partial charge in [0.15, 0.2) is 5.13 Å². The molecule has 4 aliphatic rings. The van der Waals surface area contributed by atoms with Gasteiger partial charge in [0.2, 0.25) is 0 Å². The topological polar surface area (TPSA) is 61.4 Å². The average Bonchev–Trinajstić information content (AvgIpc) is 3.31. The molecule has 1 aromatic carbocycles. The second-order valence-electron chi connectivity index (χ2n) is 11.4. The normalized spacial score (nSPS) is 27.6. The molecule has 188 valence electrons. The lowest BCUT2D eigenvalue weighted by Gasteiger charge is -2.32. The van der Waals surface area contributed by atoms with Crippen LogP contribution in [0.4, 0.5) is 5.13 Å². The third kappa shape index (κ3) is 4.52. The minimum absolute atomic E-state index is 0.0368. The van der Waals surface area contributed by atoms with Crippen LogP contribution in [0.5, 0.6) is 0 Å². The fourth-order valence-corrected chi connectivity index (χ4v) is 7.72. The van der Waals surface area contributed by atoms with E-state index in [-0.39, 0.29) is 11.9 Å². The molecule has 0 radical (unpaired) electrons. The molecule has 7 heteroatoms. The summed E-state index contributed by atoms with van der Waals surface area (Å²) in [6, 6.07) is 9.96. The first-order chi connectivity index (χ1) is 17.7. The Morgan fingerprint density at radius 2 is 1.94 bits per heavy atom. The van der Waals surface area contributed by atoms with Crippen molar-refractivity contribution in [1.29, 1.82) is 0 Å². The molecule has 4 heterocycles. The van der Waals surface area contributed by atoms with Gasteiger partial charge in [-0.05, 0) is 87.4 Å². The number of piperidine rings is 1. The lowest BCUT2D eigenvalue weighted by Crippen LogP contribution is -2.38. The van der Waals surface area contributed by atoms with Gasteiger partial charge < -0.3 is 10.2 Å². The van der Waals surface area contributed by atoms with E-state index in [0.717, 1.165) is 60.0 Å². The van der Waals surface area contributed by atoms with E-state index in [0.29, 0.717) is 0 Å². The average molecular weight is 502 g/mol. The van der Waals surface area contributed by atoms with E-state index in [1.54, 1.807) is 6.20 Å². The van der Waals surface area contributed by atoms with E-state index >= 15 is 0 Å². The summed E-state index contributed by atoms with van der Waals surface area (Å²) in [7, 11) is 0. The highest BCUT2D eigenvalue weighted by Gasteiger charge is 2.46. The number of carbonyl (C=O) groups is 1. The maximum absolute atomic E-state index is 13.0. The molecule has 1 N–H and O–H groups in total. The summed E-state index contributed by atoms with van der Waals surface area (Å²) in [5, 5.41) is 5.52. The van der Waals surface area contributed by atoms with E-state index in [4.69, 9.17) is 4.98 Å². The standard InChI is InChI=1S/C29H35N5OS/c35-28(24-3-1-5-25-23(24)4-2-12-30-25)31-22-8-6-19(7-9-22)10-13-33-14-11-27-26(18-33)32-29(36-27)34-16-20-15-21(20)17-34/h1-5,12,19-22H,6-11,13-18H2,(H,31,35). The van der Waals surface area contributed by atoms with Crippen LogP contribution in [0, 0.1) is 17.8 Å². The lowest BCUT2D eigenvalue weighted by atomic mass is 9.84. The molecule has 2 saturated carbocycles. The van der Waals surface area contributed by atoms with Gasteiger partial charge in [0, 0.05) is 54.2 Å². The molecule has 0 bridgehead atoms. The van der Waals surface area contributed by atoms with Crippen LogP contribution in [-0.4, -0.2) is 53.0 Å². The molecule has 2 atom stereocenters. The fraction of sp³-hybridized carbons (Fsp3) is 0.552. The smallest absolute Gasteiger partial charge is 0.252 e. The minimum Gasteiger partial charge on any atom is -0.349 e. The van der Waals surface area contributed by atoms with Gasteiger partial charge in [-0.3, -0.25) is 14.7 Å². The maximum atomic E-state index is 13.0. The number of benzene rings is 1. The van der Waals surface area contributed by atoms with Crippen LogP contribution in [0.1, 0.15) is 59.5 Å². The summed E-state index contributed by atoms with van der Waals surface area (Å²) in [6.45, 7) is 5.85. The van der Waals surface area contributed by atoms with Crippen molar-refractivity contribution in [2.24, 2.45) is 17.8 Å². The Morgan fingerprint density at radius 1 is 1.08 bits per heavy atom. The first-order valence-corrected chi connectivity index (χ1v) is 14.6. The summed E-state index contributed by atoms with van der Waals surface area (Å²) >= 11 is 1.96. The number of thiazole rings is 1. The number of rotatable bonds is 6. The van der Waals surface area contributed by atoms with Gasteiger partial charge in [0.25, 0.3) is 5.91 Å². The van der Waals surface area contributed by atoms with Crippen LogP contribution >= 0.6 is 11.3 Å². The quantitative estimate of drug-likeness (QED) is 0.521. The largest absolute Gasteiger partial charge is 0.349 e. The molecule has 3 aromatic rings. The molecule has 7 rings (SSSR count).